The van der Waals surface area contributed by atoms with E-state index in [9.17, 15) is 4.79 Å². The van der Waals surface area contributed by atoms with Gasteiger partial charge in [0.1, 0.15) is 5.40 Å². The quantitative estimate of drug-likeness (QED) is 0.572. The van der Waals surface area contributed by atoms with E-state index in [4.69, 9.17) is 5.26 Å². The molecule has 1 aromatic heterocycles. The number of thiocyanates is 1. The van der Waals surface area contributed by atoms with Crippen LogP contribution in [0.5, 0.6) is 0 Å². The molecule has 0 aliphatic rings. The fraction of sp³-hybridized carbons (Fsp3) is 0.286. The number of carbonyl (C=O) groups is 1. The Hall–Kier alpha value is -1.76. The highest BCUT2D eigenvalue weighted by Gasteiger charge is 2.09. The molecular formula is C14H15N5OS3. The van der Waals surface area contributed by atoms with E-state index in [1.807, 2.05) is 37.4 Å². The molecule has 1 heterocycles. The summed E-state index contributed by atoms with van der Waals surface area (Å²) in [7, 11) is 0. The molecule has 0 fully saturated rings. The Morgan fingerprint density at radius 2 is 2.26 bits per heavy atom. The third kappa shape index (κ3) is 5.42. The van der Waals surface area contributed by atoms with Gasteiger partial charge in [-0.15, -0.1) is 10.2 Å². The number of aromatic nitrogens is 2. The SMILES string of the molecule is CCNc1nnc(SCC(=O)Nc2ccc(SC#N)cc2C)s1. The fourth-order valence-corrected chi connectivity index (χ4v) is 3.79. The number of amides is 1. The number of hydrogen-bond acceptors (Lipinski definition) is 8. The summed E-state index contributed by atoms with van der Waals surface area (Å²) in [5.41, 5.74) is 1.68. The minimum Gasteiger partial charge on any atom is -0.360 e. The van der Waals surface area contributed by atoms with Gasteiger partial charge in [-0.1, -0.05) is 23.1 Å². The van der Waals surface area contributed by atoms with E-state index in [2.05, 4.69) is 20.8 Å². The Bertz CT molecular complexity index is 725. The third-order valence-electron chi connectivity index (χ3n) is 2.70. The zero-order valence-corrected chi connectivity index (χ0v) is 15.1. The lowest BCUT2D eigenvalue weighted by atomic mass is 10.2. The molecule has 1 amide bonds. The van der Waals surface area contributed by atoms with Gasteiger partial charge in [0.2, 0.25) is 11.0 Å². The molecule has 6 nitrogen and oxygen atoms in total. The van der Waals surface area contributed by atoms with Crippen LogP contribution in [0.15, 0.2) is 27.4 Å². The molecule has 2 N–H and O–H groups in total. The number of anilines is 2. The zero-order chi connectivity index (χ0) is 16.7. The monoisotopic (exact) mass is 365 g/mol. The van der Waals surface area contributed by atoms with E-state index in [1.54, 1.807) is 0 Å². The van der Waals surface area contributed by atoms with Gasteiger partial charge < -0.3 is 10.6 Å². The molecule has 1 aromatic carbocycles. The highest BCUT2D eigenvalue weighted by molar-refractivity contribution is 8.03. The number of thioether (sulfide) groups is 2. The highest BCUT2D eigenvalue weighted by Crippen LogP contribution is 2.26. The molecule has 0 aliphatic heterocycles. The second kappa shape index (κ2) is 8.76. The van der Waals surface area contributed by atoms with Crippen LogP contribution in [0.4, 0.5) is 10.8 Å². The molecule has 2 rings (SSSR count). The maximum Gasteiger partial charge on any atom is 0.234 e. The van der Waals surface area contributed by atoms with Gasteiger partial charge in [-0.3, -0.25) is 4.79 Å². The van der Waals surface area contributed by atoms with Crippen molar-refractivity contribution in [3.8, 4) is 5.40 Å². The lowest BCUT2D eigenvalue weighted by molar-refractivity contribution is -0.113. The van der Waals surface area contributed by atoms with Crippen molar-refractivity contribution in [1.82, 2.24) is 10.2 Å². The number of benzene rings is 1. The molecule has 0 aliphatic carbocycles. The average Bonchev–Trinajstić information content (AvgIpc) is 2.96. The van der Waals surface area contributed by atoms with Crippen LogP contribution >= 0.6 is 34.9 Å². The van der Waals surface area contributed by atoms with Crippen LogP contribution in [0.1, 0.15) is 12.5 Å². The van der Waals surface area contributed by atoms with E-state index in [0.717, 1.165) is 43.9 Å². The molecule has 0 radical (unpaired) electrons. The Labute approximate surface area is 147 Å². The van der Waals surface area contributed by atoms with Gasteiger partial charge in [-0.05, 0) is 49.4 Å². The smallest absolute Gasteiger partial charge is 0.234 e. The first kappa shape index (κ1) is 17.6. The van der Waals surface area contributed by atoms with E-state index < -0.39 is 0 Å². The van der Waals surface area contributed by atoms with E-state index in [-0.39, 0.29) is 11.7 Å². The molecule has 0 bridgehead atoms. The maximum atomic E-state index is 12.0. The molecule has 0 saturated heterocycles. The number of nitrogens with zero attached hydrogens (tertiary/aromatic N) is 3. The minimum atomic E-state index is -0.0982. The predicted octanol–water partition coefficient (Wildman–Crippen LogP) is 3.58. The Kier molecular flexibility index (Phi) is 6.70. The molecule has 23 heavy (non-hydrogen) atoms. The van der Waals surface area contributed by atoms with Crippen molar-refractivity contribution >= 4 is 51.6 Å². The lowest BCUT2D eigenvalue weighted by Gasteiger charge is -2.08. The molecule has 0 unspecified atom stereocenters. The van der Waals surface area contributed by atoms with Gasteiger partial charge >= 0.3 is 0 Å². The first-order chi connectivity index (χ1) is 11.1. The molecule has 0 saturated carbocycles. The topological polar surface area (TPSA) is 90.7 Å². The number of nitriles is 1. The van der Waals surface area contributed by atoms with Crippen molar-refractivity contribution in [3.05, 3.63) is 23.8 Å². The summed E-state index contributed by atoms with van der Waals surface area (Å²) in [5, 5.41) is 25.4. The van der Waals surface area contributed by atoms with Crippen LogP contribution in [0, 0.1) is 17.6 Å². The van der Waals surface area contributed by atoms with Gasteiger partial charge in [0.15, 0.2) is 4.34 Å². The molecule has 2 aromatic rings. The van der Waals surface area contributed by atoms with E-state index in [0.29, 0.717) is 0 Å². The molecule has 9 heteroatoms. The van der Waals surface area contributed by atoms with Crippen molar-refractivity contribution in [3.63, 3.8) is 0 Å². The van der Waals surface area contributed by atoms with Crippen LogP contribution in [0.2, 0.25) is 0 Å². The summed E-state index contributed by atoms with van der Waals surface area (Å²) in [6, 6.07) is 5.51. The fourth-order valence-electron chi connectivity index (χ4n) is 1.70. The van der Waals surface area contributed by atoms with Crippen molar-refractivity contribution in [2.24, 2.45) is 0 Å². The summed E-state index contributed by atoms with van der Waals surface area (Å²) < 4.78 is 0.758. The van der Waals surface area contributed by atoms with Crippen LogP contribution < -0.4 is 10.6 Å². The van der Waals surface area contributed by atoms with Crippen molar-refractivity contribution < 1.29 is 4.79 Å². The first-order valence-corrected chi connectivity index (χ1v) is 9.41. The van der Waals surface area contributed by atoms with Crippen LogP contribution in [0.3, 0.4) is 0 Å². The van der Waals surface area contributed by atoms with Crippen molar-refractivity contribution in [1.29, 1.82) is 5.26 Å². The minimum absolute atomic E-state index is 0.0982. The molecule has 0 spiro atoms. The zero-order valence-electron chi connectivity index (χ0n) is 12.6. The van der Waals surface area contributed by atoms with Crippen LogP contribution in [0.25, 0.3) is 0 Å². The predicted molar refractivity (Wildman–Crippen MR) is 96.1 cm³/mol. The highest BCUT2D eigenvalue weighted by atomic mass is 32.2. The Morgan fingerprint density at radius 3 is 2.96 bits per heavy atom. The van der Waals surface area contributed by atoms with Crippen LogP contribution in [-0.2, 0) is 4.79 Å². The molecule has 120 valence electrons. The number of carbonyl (C=O) groups excluding carboxylic acids is 1. The second-order valence-electron chi connectivity index (χ2n) is 4.41. The van der Waals surface area contributed by atoms with Gasteiger partial charge in [-0.2, -0.15) is 5.26 Å². The standard InChI is InChI=1S/C14H15N5OS3/c1-3-16-13-18-19-14(23-13)21-7-12(20)17-11-5-4-10(22-8-15)6-9(11)2/h4-6H,3,7H2,1-2H3,(H,16,18)(H,17,20). The summed E-state index contributed by atoms with van der Waals surface area (Å²) in [4.78, 5) is 12.9. The third-order valence-corrected chi connectivity index (χ3v) is 5.29. The summed E-state index contributed by atoms with van der Waals surface area (Å²) in [5.74, 6) is 0.175. The second-order valence-corrected chi connectivity index (χ2v) is 7.47. The Balaban J connectivity index is 1.88. The average molecular weight is 366 g/mol. The number of nitrogens with one attached hydrogen (secondary N) is 2. The Morgan fingerprint density at radius 1 is 1.43 bits per heavy atom. The van der Waals surface area contributed by atoms with Crippen LogP contribution in [-0.4, -0.2) is 28.4 Å². The normalized spacial score (nSPS) is 10.1. The molecule has 0 atom stereocenters. The first-order valence-electron chi connectivity index (χ1n) is 6.79. The van der Waals surface area contributed by atoms with Gasteiger partial charge in [0, 0.05) is 17.1 Å². The molecular weight excluding hydrogens is 350 g/mol. The number of aryl methyl sites for hydroxylation is 1. The summed E-state index contributed by atoms with van der Waals surface area (Å²) in [6.07, 6.45) is 0. The van der Waals surface area contributed by atoms with Gasteiger partial charge in [0.05, 0.1) is 5.75 Å². The largest absolute Gasteiger partial charge is 0.360 e. The maximum absolute atomic E-state index is 12.0. The number of hydrogen-bond donors (Lipinski definition) is 2. The summed E-state index contributed by atoms with van der Waals surface area (Å²) >= 11 is 3.89. The summed E-state index contributed by atoms with van der Waals surface area (Å²) in [6.45, 7) is 4.68. The lowest BCUT2D eigenvalue weighted by Crippen LogP contribution is -2.14. The van der Waals surface area contributed by atoms with Crippen molar-refractivity contribution in [2.45, 2.75) is 23.1 Å². The van der Waals surface area contributed by atoms with E-state index >= 15 is 0 Å². The van der Waals surface area contributed by atoms with E-state index in [1.165, 1.54) is 23.1 Å². The van der Waals surface area contributed by atoms with Crippen molar-refractivity contribution in [2.75, 3.05) is 22.9 Å². The van der Waals surface area contributed by atoms with Gasteiger partial charge in [0.25, 0.3) is 0 Å². The number of rotatable bonds is 7. The van der Waals surface area contributed by atoms with Gasteiger partial charge in [-0.25, -0.2) is 0 Å².